The van der Waals surface area contributed by atoms with Crippen molar-refractivity contribution in [1.82, 2.24) is 26.0 Å². The molecule has 0 aromatic carbocycles. The van der Waals surface area contributed by atoms with E-state index in [1.807, 2.05) is 18.7 Å². The molecule has 2 heterocycles. The lowest BCUT2D eigenvalue weighted by molar-refractivity contribution is 0.112. The molecule has 178 valence electrons. The molecule has 0 radical (unpaired) electrons. The van der Waals surface area contributed by atoms with Crippen molar-refractivity contribution in [3.63, 3.8) is 0 Å². The Hall–Kier alpha value is 0.0300. The molecule has 6 unspecified atom stereocenters. The molecule has 0 spiro atoms. The highest BCUT2D eigenvalue weighted by Gasteiger charge is 2.52. The van der Waals surface area contributed by atoms with E-state index in [2.05, 4.69) is 32.9 Å². The minimum atomic E-state index is -3.31. The van der Waals surface area contributed by atoms with Crippen molar-refractivity contribution >= 4 is 21.8 Å². The predicted octanol–water partition coefficient (Wildman–Crippen LogP) is 2.57. The van der Waals surface area contributed by atoms with Gasteiger partial charge in [0.25, 0.3) is 0 Å². The minimum Gasteiger partial charge on any atom is -0.249 e. The number of hydrogen-bond donors (Lipinski definition) is 4. The van der Waals surface area contributed by atoms with Gasteiger partial charge in [0.1, 0.15) is 11.7 Å². The van der Waals surface area contributed by atoms with Crippen LogP contribution in [0, 0.1) is 11.8 Å². The Balaban J connectivity index is 1.30. The predicted molar refractivity (Wildman–Crippen MR) is 122 cm³/mol. The molecule has 3 aliphatic carbocycles. The highest BCUT2D eigenvalue weighted by Crippen LogP contribution is 2.44. The maximum Gasteiger partial charge on any atom is 0.215 e. The lowest BCUT2D eigenvalue weighted by Gasteiger charge is -2.37. The average molecular weight is 476 g/mol. The highest BCUT2D eigenvalue weighted by molar-refractivity contribution is 8.00. The topological polar surface area (TPSA) is 85.5 Å². The van der Waals surface area contributed by atoms with Gasteiger partial charge in [0.15, 0.2) is 0 Å². The summed E-state index contributed by atoms with van der Waals surface area (Å²) in [5, 5.41) is 2.29. The fourth-order valence-electron chi connectivity index (χ4n) is 6.07. The molecule has 0 aromatic heterocycles. The summed E-state index contributed by atoms with van der Waals surface area (Å²) in [6.45, 7) is 4.14. The average Bonchev–Trinajstić information content (AvgIpc) is 3.12. The highest BCUT2D eigenvalue weighted by atomic mass is 32.2. The molecule has 4 N–H and O–H groups in total. The van der Waals surface area contributed by atoms with E-state index in [4.69, 9.17) is 0 Å². The van der Waals surface area contributed by atoms with Crippen molar-refractivity contribution in [3.05, 3.63) is 0 Å². The first kappa shape index (κ1) is 22.8. The molecule has 7 nitrogen and oxygen atoms in total. The number of rotatable bonds is 6. The molecule has 0 aromatic rings. The van der Waals surface area contributed by atoms with Crippen LogP contribution in [0.4, 0.5) is 4.39 Å². The lowest BCUT2D eigenvalue weighted by atomic mass is 9.76. The summed E-state index contributed by atoms with van der Waals surface area (Å²) in [4.78, 5) is 0. The van der Waals surface area contributed by atoms with Gasteiger partial charge in [-0.05, 0) is 89.9 Å². The summed E-state index contributed by atoms with van der Waals surface area (Å²) in [5.74, 6) is 1.02. The minimum absolute atomic E-state index is 0.0874. The maximum absolute atomic E-state index is 13.6. The van der Waals surface area contributed by atoms with Gasteiger partial charge < -0.3 is 0 Å². The number of hydrazine groups is 2. The van der Waals surface area contributed by atoms with Crippen LogP contribution in [0.5, 0.6) is 0 Å². The summed E-state index contributed by atoms with van der Waals surface area (Å²) in [5.41, 5.74) is 10.3. The van der Waals surface area contributed by atoms with Crippen molar-refractivity contribution in [2.75, 3.05) is 0 Å². The van der Waals surface area contributed by atoms with E-state index in [0.717, 1.165) is 44.9 Å². The van der Waals surface area contributed by atoms with Gasteiger partial charge >= 0.3 is 0 Å². The third-order valence-corrected chi connectivity index (χ3v) is 11.4. The smallest absolute Gasteiger partial charge is 0.215 e. The lowest BCUT2D eigenvalue weighted by Crippen LogP contribution is -2.54. The third-order valence-electron chi connectivity index (χ3n) is 8.20. The van der Waals surface area contributed by atoms with E-state index in [1.165, 1.54) is 0 Å². The molecule has 31 heavy (non-hydrogen) atoms. The zero-order chi connectivity index (χ0) is 21.8. The normalized spacial score (nSPS) is 45.5. The number of thioether (sulfide) groups is 1. The summed E-state index contributed by atoms with van der Waals surface area (Å²) in [7, 11) is -3.31. The number of fused-ring (bicyclic) bond motifs is 1. The second-order valence-electron chi connectivity index (χ2n) is 10.8. The van der Waals surface area contributed by atoms with Crippen LogP contribution in [0.3, 0.4) is 0 Å². The van der Waals surface area contributed by atoms with Gasteiger partial charge in [-0.25, -0.2) is 38.8 Å². The second-order valence-corrected chi connectivity index (χ2v) is 14.2. The zero-order valence-electron chi connectivity index (χ0n) is 18.6. The Labute approximate surface area is 190 Å². The van der Waals surface area contributed by atoms with Crippen LogP contribution in [0.25, 0.3) is 0 Å². The molecule has 10 heteroatoms. The number of nitrogens with zero attached hydrogens (tertiary/aromatic N) is 1. The molecule has 0 bridgehead atoms. The van der Waals surface area contributed by atoms with Gasteiger partial charge in [-0.2, -0.15) is 0 Å². The summed E-state index contributed by atoms with van der Waals surface area (Å²) < 4.78 is 42.8. The SMILES string of the molecule is CC1NNC(N2NC(CC3CCC(F)CC3)C3CCC(S(=O)(=O)NC4(C)CC4)CC32)S1. The van der Waals surface area contributed by atoms with Crippen molar-refractivity contribution in [2.24, 2.45) is 11.8 Å². The number of nitrogens with one attached hydrogen (secondary N) is 4. The summed E-state index contributed by atoms with van der Waals surface area (Å²) in [6.07, 6.45) is 8.00. The molecule has 6 atom stereocenters. The first-order chi connectivity index (χ1) is 14.7. The van der Waals surface area contributed by atoms with Crippen molar-refractivity contribution in [3.8, 4) is 0 Å². The van der Waals surface area contributed by atoms with Gasteiger partial charge in [0.05, 0.1) is 10.6 Å². The molecule has 2 aliphatic heterocycles. The van der Waals surface area contributed by atoms with Gasteiger partial charge in [-0.1, -0.05) is 0 Å². The summed E-state index contributed by atoms with van der Waals surface area (Å²) >= 11 is 1.82. The fraction of sp³-hybridized carbons (Fsp3) is 1.00. The van der Waals surface area contributed by atoms with E-state index >= 15 is 0 Å². The van der Waals surface area contributed by atoms with Gasteiger partial charge in [-0.3, -0.25) is 0 Å². The van der Waals surface area contributed by atoms with E-state index < -0.39 is 16.2 Å². The number of hydrogen-bond acceptors (Lipinski definition) is 7. The van der Waals surface area contributed by atoms with E-state index in [9.17, 15) is 12.8 Å². The monoisotopic (exact) mass is 475 g/mol. The van der Waals surface area contributed by atoms with Crippen LogP contribution < -0.4 is 21.0 Å². The molecule has 3 saturated carbocycles. The zero-order valence-corrected chi connectivity index (χ0v) is 20.3. The van der Waals surface area contributed by atoms with Crippen LogP contribution in [-0.4, -0.2) is 53.3 Å². The van der Waals surface area contributed by atoms with Gasteiger partial charge in [0, 0.05) is 17.6 Å². The van der Waals surface area contributed by atoms with Crippen molar-refractivity contribution in [1.29, 1.82) is 0 Å². The Morgan fingerprint density at radius 2 is 1.87 bits per heavy atom. The number of halogens is 1. The largest absolute Gasteiger partial charge is 0.249 e. The Morgan fingerprint density at radius 1 is 1.13 bits per heavy atom. The Morgan fingerprint density at radius 3 is 2.52 bits per heavy atom. The van der Waals surface area contributed by atoms with Crippen LogP contribution >= 0.6 is 11.8 Å². The van der Waals surface area contributed by atoms with Crippen molar-refractivity contribution in [2.45, 2.75) is 118 Å². The third kappa shape index (κ3) is 4.95. The number of alkyl halides is 1. The standard InChI is InChI=1S/C21H38FN5O2S2/c1-13-23-24-20(30-13)27-19-12-16(31(28,29)26-21(2)9-10-21)7-8-17(19)18(25-27)11-14-3-5-15(22)6-4-14/h13-20,23-26H,3-12H2,1-2H3. The number of sulfonamides is 1. The Kier molecular flexibility index (Phi) is 6.38. The second kappa shape index (κ2) is 8.67. The van der Waals surface area contributed by atoms with E-state index in [1.54, 1.807) is 0 Å². The molecule has 5 aliphatic rings. The molecule has 5 fully saturated rings. The van der Waals surface area contributed by atoms with Crippen LogP contribution in [0.15, 0.2) is 0 Å². The molecule has 2 saturated heterocycles. The first-order valence-electron chi connectivity index (χ1n) is 12.1. The molecular formula is C21H38FN5O2S2. The maximum atomic E-state index is 13.6. The Bertz CT molecular complexity index is 759. The van der Waals surface area contributed by atoms with E-state index in [-0.39, 0.29) is 22.3 Å². The van der Waals surface area contributed by atoms with E-state index in [0.29, 0.717) is 42.5 Å². The molecule has 5 rings (SSSR count). The fourth-order valence-corrected chi connectivity index (χ4v) is 9.04. The van der Waals surface area contributed by atoms with Crippen LogP contribution in [-0.2, 0) is 10.0 Å². The van der Waals surface area contributed by atoms with Crippen LogP contribution in [0.1, 0.15) is 78.1 Å². The molecular weight excluding hydrogens is 437 g/mol. The van der Waals surface area contributed by atoms with Gasteiger partial charge in [-0.15, -0.1) is 11.8 Å². The van der Waals surface area contributed by atoms with Crippen LogP contribution in [0.2, 0.25) is 0 Å². The van der Waals surface area contributed by atoms with Gasteiger partial charge in [0.2, 0.25) is 10.0 Å². The summed E-state index contributed by atoms with van der Waals surface area (Å²) in [6, 6.07) is 0.545. The molecule has 0 amide bonds. The van der Waals surface area contributed by atoms with Crippen molar-refractivity contribution < 1.29 is 12.8 Å². The quantitative estimate of drug-likeness (QED) is 0.470. The first-order valence-corrected chi connectivity index (χ1v) is 14.6.